The lowest BCUT2D eigenvalue weighted by molar-refractivity contribution is 0.159. The molecule has 0 saturated heterocycles. The van der Waals surface area contributed by atoms with Crippen LogP contribution < -0.4 is 5.32 Å². The van der Waals surface area contributed by atoms with E-state index in [1.54, 1.807) is 7.11 Å². The van der Waals surface area contributed by atoms with Gasteiger partial charge in [0.05, 0.1) is 6.61 Å². The van der Waals surface area contributed by atoms with Crippen LogP contribution in [0.1, 0.15) is 24.9 Å². The van der Waals surface area contributed by atoms with Crippen molar-refractivity contribution in [2.24, 2.45) is 0 Å². The van der Waals surface area contributed by atoms with Gasteiger partial charge in [-0.05, 0) is 44.3 Å². The summed E-state index contributed by atoms with van der Waals surface area (Å²) < 4.78 is 5.09. The molecular weight excluding hydrogens is 260 g/mol. The van der Waals surface area contributed by atoms with Crippen molar-refractivity contribution < 1.29 is 4.74 Å². The van der Waals surface area contributed by atoms with E-state index >= 15 is 0 Å². The van der Waals surface area contributed by atoms with Crippen LogP contribution in [0.2, 0.25) is 5.02 Å². The molecule has 0 spiro atoms. The third-order valence-corrected chi connectivity index (χ3v) is 3.45. The average Bonchev–Trinajstić information content (AvgIpc) is 2.42. The molecule has 0 aliphatic carbocycles. The molecule has 1 aromatic carbocycles. The number of nitrogens with zero attached hydrogens (tertiary/aromatic N) is 1. The van der Waals surface area contributed by atoms with Crippen molar-refractivity contribution in [3.05, 3.63) is 34.9 Å². The summed E-state index contributed by atoms with van der Waals surface area (Å²) in [5.74, 6) is 0. The summed E-state index contributed by atoms with van der Waals surface area (Å²) >= 11 is 5.94. The summed E-state index contributed by atoms with van der Waals surface area (Å²) in [4.78, 5) is 2.30. The van der Waals surface area contributed by atoms with Gasteiger partial charge in [-0.15, -0.1) is 0 Å². The minimum atomic E-state index is 0.382. The van der Waals surface area contributed by atoms with Gasteiger partial charge in [0.1, 0.15) is 0 Å². The molecule has 0 heterocycles. The van der Waals surface area contributed by atoms with Gasteiger partial charge < -0.3 is 15.0 Å². The second-order valence-electron chi connectivity index (χ2n) is 4.75. The Morgan fingerprint density at radius 3 is 2.53 bits per heavy atom. The van der Waals surface area contributed by atoms with Gasteiger partial charge in [0.25, 0.3) is 0 Å². The van der Waals surface area contributed by atoms with E-state index in [0.29, 0.717) is 6.04 Å². The monoisotopic (exact) mass is 284 g/mol. The number of hydrogen-bond donors (Lipinski definition) is 1. The quantitative estimate of drug-likeness (QED) is 0.754. The average molecular weight is 285 g/mol. The molecule has 1 rings (SSSR count). The van der Waals surface area contributed by atoms with Gasteiger partial charge in [0.2, 0.25) is 0 Å². The minimum Gasteiger partial charge on any atom is -0.383 e. The van der Waals surface area contributed by atoms with E-state index in [9.17, 15) is 0 Å². The van der Waals surface area contributed by atoms with Crippen molar-refractivity contribution in [2.75, 3.05) is 40.4 Å². The van der Waals surface area contributed by atoms with Crippen LogP contribution in [0.3, 0.4) is 0 Å². The second kappa shape index (κ2) is 9.32. The Morgan fingerprint density at radius 1 is 1.26 bits per heavy atom. The van der Waals surface area contributed by atoms with E-state index in [4.69, 9.17) is 16.3 Å². The number of nitrogens with one attached hydrogen (secondary N) is 1. The number of likely N-dealkylation sites (N-methyl/N-ethyl adjacent to an activating group) is 1. The van der Waals surface area contributed by atoms with Crippen LogP contribution in [0.4, 0.5) is 0 Å². The van der Waals surface area contributed by atoms with E-state index in [0.717, 1.165) is 37.7 Å². The molecule has 4 heteroatoms. The van der Waals surface area contributed by atoms with E-state index in [-0.39, 0.29) is 0 Å². The lowest BCUT2D eigenvalue weighted by atomic mass is 10.0. The maximum atomic E-state index is 5.94. The van der Waals surface area contributed by atoms with Crippen molar-refractivity contribution >= 4 is 11.6 Å². The van der Waals surface area contributed by atoms with E-state index in [2.05, 4.69) is 36.3 Å². The molecule has 0 aliphatic heterocycles. The highest BCUT2D eigenvalue weighted by Gasteiger charge is 2.11. The van der Waals surface area contributed by atoms with Gasteiger partial charge in [-0.2, -0.15) is 0 Å². The topological polar surface area (TPSA) is 24.5 Å². The predicted octanol–water partition coefficient (Wildman–Crippen LogP) is 2.96. The first-order chi connectivity index (χ1) is 9.17. The molecule has 0 aliphatic rings. The first kappa shape index (κ1) is 16.4. The third kappa shape index (κ3) is 6.39. The fraction of sp³-hybridized carbons (Fsp3) is 0.600. The van der Waals surface area contributed by atoms with Crippen LogP contribution in [0, 0.1) is 0 Å². The summed E-state index contributed by atoms with van der Waals surface area (Å²) in [7, 11) is 3.87. The van der Waals surface area contributed by atoms with Crippen molar-refractivity contribution in [3.63, 3.8) is 0 Å². The highest BCUT2D eigenvalue weighted by molar-refractivity contribution is 6.30. The Balaban J connectivity index is 2.50. The highest BCUT2D eigenvalue weighted by Crippen LogP contribution is 2.19. The van der Waals surface area contributed by atoms with Gasteiger partial charge in [-0.3, -0.25) is 0 Å². The summed E-state index contributed by atoms with van der Waals surface area (Å²) in [6.07, 6.45) is 1.08. The number of ether oxygens (including phenoxy) is 1. The molecule has 0 saturated carbocycles. The Hall–Kier alpha value is -0.610. The fourth-order valence-corrected chi connectivity index (χ4v) is 2.16. The first-order valence-electron chi connectivity index (χ1n) is 6.83. The lowest BCUT2D eigenvalue weighted by Crippen LogP contribution is -2.29. The smallest absolute Gasteiger partial charge is 0.0589 e. The number of hydrogen-bond acceptors (Lipinski definition) is 3. The zero-order valence-electron chi connectivity index (χ0n) is 12.2. The Bertz CT molecular complexity index is 343. The highest BCUT2D eigenvalue weighted by atomic mass is 35.5. The van der Waals surface area contributed by atoms with E-state index < -0.39 is 0 Å². The van der Waals surface area contributed by atoms with Crippen molar-refractivity contribution in [3.8, 4) is 0 Å². The molecule has 108 valence electrons. The lowest BCUT2D eigenvalue weighted by Gasteiger charge is -2.22. The zero-order valence-corrected chi connectivity index (χ0v) is 12.9. The van der Waals surface area contributed by atoms with Crippen molar-refractivity contribution in [1.82, 2.24) is 10.2 Å². The number of methoxy groups -OCH3 is 1. The molecule has 1 unspecified atom stereocenters. The summed E-state index contributed by atoms with van der Waals surface area (Å²) in [6.45, 7) is 5.90. The van der Waals surface area contributed by atoms with Crippen LogP contribution in [-0.2, 0) is 4.74 Å². The second-order valence-corrected chi connectivity index (χ2v) is 5.18. The van der Waals surface area contributed by atoms with Crippen LogP contribution in [0.25, 0.3) is 0 Å². The van der Waals surface area contributed by atoms with Crippen molar-refractivity contribution in [2.45, 2.75) is 19.4 Å². The molecule has 0 radical (unpaired) electrons. The molecule has 19 heavy (non-hydrogen) atoms. The maximum absolute atomic E-state index is 5.94. The molecule has 0 amide bonds. The normalized spacial score (nSPS) is 12.9. The summed E-state index contributed by atoms with van der Waals surface area (Å²) in [5, 5.41) is 4.32. The zero-order chi connectivity index (χ0) is 14.1. The molecular formula is C15H25ClN2O. The predicted molar refractivity (Wildman–Crippen MR) is 81.9 cm³/mol. The van der Waals surface area contributed by atoms with Gasteiger partial charge in [0.15, 0.2) is 0 Å². The largest absolute Gasteiger partial charge is 0.383 e. The standard InChI is InChI=1S/C15H25ClN2O/c1-4-17-15(9-10-18(2)11-12-19-3)13-5-7-14(16)8-6-13/h5-8,15,17H,4,9-12H2,1-3H3. The van der Waals surface area contributed by atoms with Gasteiger partial charge in [0, 0.05) is 24.7 Å². The van der Waals surface area contributed by atoms with Crippen LogP contribution in [0.5, 0.6) is 0 Å². The number of halogens is 1. The fourth-order valence-electron chi connectivity index (χ4n) is 2.04. The molecule has 0 fully saturated rings. The minimum absolute atomic E-state index is 0.382. The maximum Gasteiger partial charge on any atom is 0.0589 e. The van der Waals surface area contributed by atoms with Crippen molar-refractivity contribution in [1.29, 1.82) is 0 Å². The van der Waals surface area contributed by atoms with Gasteiger partial charge in [-0.1, -0.05) is 30.7 Å². The summed E-state index contributed by atoms with van der Waals surface area (Å²) in [5.41, 5.74) is 1.30. The first-order valence-corrected chi connectivity index (χ1v) is 7.21. The van der Waals surface area contributed by atoms with Crippen LogP contribution in [-0.4, -0.2) is 45.3 Å². The Kier molecular flexibility index (Phi) is 8.07. The molecule has 3 nitrogen and oxygen atoms in total. The Morgan fingerprint density at radius 2 is 1.95 bits per heavy atom. The molecule has 0 aromatic heterocycles. The number of rotatable bonds is 9. The van der Waals surface area contributed by atoms with Crippen LogP contribution >= 0.6 is 11.6 Å². The molecule has 1 N–H and O–H groups in total. The van der Waals surface area contributed by atoms with E-state index in [1.165, 1.54) is 5.56 Å². The van der Waals surface area contributed by atoms with Crippen LogP contribution in [0.15, 0.2) is 24.3 Å². The SMILES string of the molecule is CCNC(CCN(C)CCOC)c1ccc(Cl)cc1. The Labute approximate surface area is 121 Å². The molecule has 1 aromatic rings. The molecule has 1 atom stereocenters. The third-order valence-electron chi connectivity index (χ3n) is 3.20. The van der Waals surface area contributed by atoms with E-state index in [1.807, 2.05) is 12.1 Å². The van der Waals surface area contributed by atoms with Gasteiger partial charge >= 0.3 is 0 Å². The summed E-state index contributed by atoms with van der Waals surface area (Å²) in [6, 6.07) is 8.49. The van der Waals surface area contributed by atoms with Gasteiger partial charge in [-0.25, -0.2) is 0 Å². The number of benzene rings is 1. The molecule has 0 bridgehead atoms.